The first kappa shape index (κ1) is 40.9. The molecule has 0 bridgehead atoms. The van der Waals surface area contributed by atoms with Gasteiger partial charge in [-0.25, -0.2) is 4.98 Å². The van der Waals surface area contributed by atoms with Gasteiger partial charge in [-0.05, 0) is 106 Å². The van der Waals surface area contributed by atoms with Crippen molar-refractivity contribution in [2.45, 2.75) is 12.8 Å². The SMILES string of the molecule is C1=CCC23CN(c4cc(-c5ccc(-c6c7ccc8ccccc8c7nc7c6ccc6ccccc67)cc5)cc(N5CC67CC=CC=C6C=CC=C7N5c5ccccc5)c4)N(c4ccccc4)C2=CC=CC3=C1. The molecule has 0 N–H and O–H groups in total. The third-order valence-electron chi connectivity index (χ3n) is 16.3. The van der Waals surface area contributed by atoms with Crippen molar-refractivity contribution >= 4 is 66.1 Å². The number of hydrogen-bond acceptors (Lipinski definition) is 5. The van der Waals surface area contributed by atoms with Gasteiger partial charge in [0.2, 0.25) is 0 Å². The summed E-state index contributed by atoms with van der Waals surface area (Å²) < 4.78 is 0. The van der Waals surface area contributed by atoms with Crippen molar-refractivity contribution in [2.75, 3.05) is 33.1 Å². The first-order valence-corrected chi connectivity index (χ1v) is 25.3. The van der Waals surface area contributed by atoms with Crippen molar-refractivity contribution in [2.24, 2.45) is 10.8 Å². The van der Waals surface area contributed by atoms with E-state index in [-0.39, 0.29) is 10.8 Å². The largest absolute Gasteiger partial charge is 0.280 e. The summed E-state index contributed by atoms with van der Waals surface area (Å²) in [4.78, 5) is 5.49. The molecule has 9 aromatic rings. The van der Waals surface area contributed by atoms with Crippen LogP contribution in [-0.2, 0) is 0 Å². The van der Waals surface area contributed by atoms with Crippen LogP contribution in [0.4, 0.5) is 22.7 Å². The number of benzene rings is 8. The van der Waals surface area contributed by atoms with Crippen LogP contribution in [0.3, 0.4) is 0 Å². The maximum absolute atomic E-state index is 5.49. The summed E-state index contributed by atoms with van der Waals surface area (Å²) in [6.45, 7) is 1.61. The van der Waals surface area contributed by atoms with E-state index in [4.69, 9.17) is 4.98 Å². The lowest BCUT2D eigenvalue weighted by molar-refractivity contribution is 0.489. The van der Waals surface area contributed by atoms with Crippen LogP contribution in [0, 0.1) is 10.8 Å². The second kappa shape index (κ2) is 15.8. The number of aromatic nitrogens is 1. The Kier molecular flexibility index (Phi) is 8.97. The van der Waals surface area contributed by atoms with Gasteiger partial charge < -0.3 is 0 Å². The van der Waals surface area contributed by atoms with Gasteiger partial charge in [0.25, 0.3) is 0 Å². The molecular formula is C67H49N5. The molecule has 0 saturated carbocycles. The van der Waals surface area contributed by atoms with E-state index in [2.05, 4.69) is 269 Å². The van der Waals surface area contributed by atoms with E-state index in [9.17, 15) is 0 Å². The Labute approximate surface area is 419 Å². The number of nitrogens with zero attached hydrogens (tertiary/aromatic N) is 5. The fraction of sp³-hybridized carbons (Fsp3) is 0.0896. The van der Waals surface area contributed by atoms with E-state index >= 15 is 0 Å². The number of anilines is 4. The zero-order valence-corrected chi connectivity index (χ0v) is 39.7. The Morgan fingerprint density at radius 2 is 0.847 bits per heavy atom. The zero-order valence-electron chi connectivity index (χ0n) is 39.7. The molecule has 3 heterocycles. The van der Waals surface area contributed by atoms with Crippen LogP contribution in [-0.4, -0.2) is 18.1 Å². The minimum atomic E-state index is -0.188. The van der Waals surface area contributed by atoms with Crippen molar-refractivity contribution < 1.29 is 0 Å². The molecule has 5 nitrogen and oxygen atoms in total. The molecule has 4 aliphatic carbocycles. The molecular weight excluding hydrogens is 875 g/mol. The average Bonchev–Trinajstić information content (AvgIpc) is 3.98. The monoisotopic (exact) mass is 923 g/mol. The summed E-state index contributed by atoms with van der Waals surface area (Å²) in [5, 5.41) is 17.1. The maximum Gasteiger partial charge on any atom is 0.0794 e. The van der Waals surface area contributed by atoms with Crippen molar-refractivity contribution in [3.05, 3.63) is 271 Å². The molecule has 5 heteroatoms. The molecule has 2 atom stereocenters. The summed E-state index contributed by atoms with van der Waals surface area (Å²) >= 11 is 0. The molecule has 0 radical (unpaired) electrons. The van der Waals surface area contributed by atoms with Gasteiger partial charge in [0.05, 0.1) is 69.1 Å². The van der Waals surface area contributed by atoms with Gasteiger partial charge in [0.1, 0.15) is 0 Å². The number of para-hydroxylation sites is 2. The van der Waals surface area contributed by atoms with Gasteiger partial charge in [-0.3, -0.25) is 20.0 Å². The van der Waals surface area contributed by atoms with Crippen molar-refractivity contribution in [3.63, 3.8) is 0 Å². The molecule has 2 fully saturated rings. The van der Waals surface area contributed by atoms with E-state index in [0.717, 1.165) is 81.6 Å². The predicted molar refractivity (Wildman–Crippen MR) is 301 cm³/mol. The molecule has 2 unspecified atom stereocenters. The van der Waals surface area contributed by atoms with E-state index in [1.807, 2.05) is 0 Å². The summed E-state index contributed by atoms with van der Waals surface area (Å²) in [6.07, 6.45) is 29.4. The van der Waals surface area contributed by atoms with E-state index < -0.39 is 0 Å². The molecule has 15 rings (SSSR count). The number of hydrogen-bond donors (Lipinski definition) is 0. The molecule has 2 spiro atoms. The Morgan fingerprint density at radius 3 is 1.36 bits per heavy atom. The summed E-state index contributed by atoms with van der Waals surface area (Å²) in [6, 6.07) is 64.9. The van der Waals surface area contributed by atoms with Crippen LogP contribution in [0.5, 0.6) is 0 Å². The molecule has 342 valence electrons. The highest BCUT2D eigenvalue weighted by molar-refractivity contribution is 6.21. The van der Waals surface area contributed by atoms with Gasteiger partial charge in [-0.2, -0.15) is 0 Å². The van der Waals surface area contributed by atoms with Gasteiger partial charge in [0, 0.05) is 27.1 Å². The number of fused-ring (bicyclic) bond motifs is 6. The molecule has 8 aromatic carbocycles. The Balaban J connectivity index is 0.934. The maximum atomic E-state index is 5.49. The fourth-order valence-electron chi connectivity index (χ4n) is 12.8. The first-order chi connectivity index (χ1) is 35.6. The Morgan fingerprint density at radius 1 is 0.375 bits per heavy atom. The minimum absolute atomic E-state index is 0.188. The van der Waals surface area contributed by atoms with Crippen LogP contribution < -0.4 is 20.0 Å². The smallest absolute Gasteiger partial charge is 0.0794 e. The molecule has 0 amide bonds. The van der Waals surface area contributed by atoms with Gasteiger partial charge in [-0.1, -0.05) is 194 Å². The third-order valence-corrected chi connectivity index (χ3v) is 16.3. The topological polar surface area (TPSA) is 25.9 Å². The number of hydrazine groups is 2. The molecule has 2 aliphatic heterocycles. The summed E-state index contributed by atoms with van der Waals surface area (Å²) in [5.41, 5.74) is 16.3. The van der Waals surface area contributed by atoms with Crippen molar-refractivity contribution in [1.82, 2.24) is 4.98 Å². The van der Waals surface area contributed by atoms with Crippen molar-refractivity contribution in [3.8, 4) is 22.3 Å². The van der Waals surface area contributed by atoms with Crippen LogP contribution >= 0.6 is 0 Å². The lowest BCUT2D eigenvalue weighted by atomic mass is 9.70. The van der Waals surface area contributed by atoms with E-state index in [1.165, 1.54) is 55.2 Å². The summed E-state index contributed by atoms with van der Waals surface area (Å²) in [5.74, 6) is 0. The van der Waals surface area contributed by atoms with Crippen LogP contribution in [0.1, 0.15) is 12.8 Å². The Hall–Kier alpha value is -8.93. The molecule has 6 aliphatic rings. The van der Waals surface area contributed by atoms with Gasteiger partial charge in [-0.15, -0.1) is 0 Å². The second-order valence-electron chi connectivity index (χ2n) is 20.1. The Bertz CT molecular complexity index is 3770. The third kappa shape index (κ3) is 6.04. The highest BCUT2D eigenvalue weighted by atomic mass is 15.7. The number of rotatable bonds is 6. The fourth-order valence-corrected chi connectivity index (χ4v) is 12.8. The van der Waals surface area contributed by atoms with E-state index in [1.54, 1.807) is 0 Å². The first-order valence-electron chi connectivity index (χ1n) is 25.3. The molecule has 2 saturated heterocycles. The standard InChI is InChI=1S/C67H49N5/c1-3-23-53(24-4-1)71-61-29-15-21-51-19-11-13-39-66(51,61)44-69(71)55-41-50(42-56(43-55)70-45-67-40-14-12-20-52(67)22-16-30-62(67)72(70)54-25-5-2-6-26-54)46-31-33-49(34-32-46)63-59-37-35-47-17-7-9-27-57(47)64(59)68-65-58-28-10-8-18-48(58)36-38-60(63)65/h1-38,41-43H,39-40,44-45H2. The quantitative estimate of drug-likeness (QED) is 0.122. The van der Waals surface area contributed by atoms with Crippen LogP contribution in [0.2, 0.25) is 0 Å². The molecule has 1 aromatic heterocycles. The molecule has 72 heavy (non-hydrogen) atoms. The number of pyridine rings is 1. The van der Waals surface area contributed by atoms with E-state index in [0.29, 0.717) is 0 Å². The van der Waals surface area contributed by atoms with Crippen LogP contribution in [0.25, 0.3) is 65.6 Å². The normalized spacial score (nSPS) is 20.7. The average molecular weight is 924 g/mol. The summed E-state index contributed by atoms with van der Waals surface area (Å²) in [7, 11) is 0. The zero-order chi connectivity index (χ0) is 47.4. The van der Waals surface area contributed by atoms with Crippen LogP contribution in [0.15, 0.2) is 271 Å². The second-order valence-corrected chi connectivity index (χ2v) is 20.1. The highest BCUT2D eigenvalue weighted by Gasteiger charge is 2.52. The number of allylic oxidation sites excluding steroid dienone is 12. The van der Waals surface area contributed by atoms with Gasteiger partial charge >= 0.3 is 0 Å². The predicted octanol–water partition coefficient (Wildman–Crippen LogP) is 16.2. The van der Waals surface area contributed by atoms with Crippen molar-refractivity contribution in [1.29, 1.82) is 0 Å². The highest BCUT2D eigenvalue weighted by Crippen LogP contribution is 2.57. The lowest BCUT2D eigenvalue weighted by Gasteiger charge is -2.36. The lowest BCUT2D eigenvalue weighted by Crippen LogP contribution is -2.37. The minimum Gasteiger partial charge on any atom is -0.280 e. The van der Waals surface area contributed by atoms with Gasteiger partial charge in [0.15, 0.2) is 0 Å².